The van der Waals surface area contributed by atoms with Crippen LogP contribution < -0.4 is 10.5 Å². The second-order valence-electron chi connectivity index (χ2n) is 11.8. The molecule has 6 rings (SSSR count). The van der Waals surface area contributed by atoms with Crippen LogP contribution in [0.15, 0.2) is 30.6 Å². The molecule has 3 heterocycles. The number of aliphatic hydroxyl groups is 1. The molecule has 3 aromatic rings. The fraction of sp³-hybridized carbons (Fsp3) is 0.593. The summed E-state index contributed by atoms with van der Waals surface area (Å²) in [6.45, 7) is 4.78. The molecule has 1 aromatic carbocycles. The zero-order valence-corrected chi connectivity index (χ0v) is 24.4. The number of likely N-dealkylation sites (tertiary alicyclic amines) is 1. The number of nitrogens with two attached hydrogens (primary N) is 1. The highest BCUT2D eigenvalue weighted by atomic mass is 32.2. The van der Waals surface area contributed by atoms with Crippen LogP contribution in [0, 0.1) is 5.92 Å². The molecule has 4 N–H and O–H groups in total. The van der Waals surface area contributed by atoms with E-state index in [9.17, 15) is 18.3 Å². The summed E-state index contributed by atoms with van der Waals surface area (Å²) in [7, 11) is -4.10. The average molecular weight is 601 g/mol. The van der Waals surface area contributed by atoms with Gasteiger partial charge in [-0.3, -0.25) is 4.18 Å². The first-order valence-electron chi connectivity index (χ1n) is 14.3. The minimum Gasteiger partial charge on any atom is -0.447 e. The summed E-state index contributed by atoms with van der Waals surface area (Å²) in [4.78, 5) is 23.3. The van der Waals surface area contributed by atoms with Crippen LogP contribution in [-0.4, -0.2) is 81.4 Å². The van der Waals surface area contributed by atoms with E-state index >= 15 is 0 Å². The third kappa shape index (κ3) is 5.53. The van der Waals surface area contributed by atoms with Crippen molar-refractivity contribution in [3.8, 4) is 0 Å². The Labute approximate surface area is 243 Å². The van der Waals surface area contributed by atoms with Gasteiger partial charge in [0.2, 0.25) is 0 Å². The van der Waals surface area contributed by atoms with Crippen LogP contribution in [-0.2, 0) is 24.6 Å². The van der Waals surface area contributed by atoms with E-state index < -0.39 is 22.3 Å². The van der Waals surface area contributed by atoms with E-state index in [1.807, 2.05) is 19.9 Å². The lowest BCUT2D eigenvalue weighted by Gasteiger charge is -2.40. The van der Waals surface area contributed by atoms with Crippen LogP contribution in [0.25, 0.3) is 11.2 Å². The molecular formula is C27H36N8O6S. The number of benzene rings is 1. The van der Waals surface area contributed by atoms with Crippen molar-refractivity contribution in [2.75, 3.05) is 25.0 Å². The summed E-state index contributed by atoms with van der Waals surface area (Å²) in [5, 5.41) is 27.8. The Morgan fingerprint density at radius 3 is 2.71 bits per heavy atom. The van der Waals surface area contributed by atoms with Crippen molar-refractivity contribution in [3.05, 3.63) is 41.7 Å². The SMILES string of the molecule is CC(C)OC(=O)N1CCC2(CC1)C[C@H](Nc1ncnc3c1nnn3[C@@H]1C[C@@H](COS(N)(=O)=O)[C@@H](O)C1)c1ccccc12. The highest BCUT2D eigenvalue weighted by molar-refractivity contribution is 7.84. The molecule has 226 valence electrons. The molecule has 1 amide bonds. The Kier molecular flexibility index (Phi) is 7.53. The van der Waals surface area contributed by atoms with Crippen LogP contribution in [0.2, 0.25) is 0 Å². The largest absolute Gasteiger partial charge is 0.447 e. The molecule has 2 aromatic heterocycles. The van der Waals surface area contributed by atoms with Gasteiger partial charge < -0.3 is 20.1 Å². The molecule has 1 saturated carbocycles. The molecule has 0 unspecified atom stereocenters. The lowest BCUT2D eigenvalue weighted by atomic mass is 9.73. The van der Waals surface area contributed by atoms with Gasteiger partial charge in [0.15, 0.2) is 17.0 Å². The number of amides is 1. The first kappa shape index (κ1) is 28.7. The van der Waals surface area contributed by atoms with Gasteiger partial charge in [0.1, 0.15) is 6.33 Å². The highest BCUT2D eigenvalue weighted by Gasteiger charge is 2.46. The molecule has 0 bridgehead atoms. The third-order valence-corrected chi connectivity index (χ3v) is 9.28. The topological polar surface area (TPSA) is 188 Å². The Hall–Kier alpha value is -3.40. The van der Waals surface area contributed by atoms with Gasteiger partial charge in [-0.05, 0) is 57.1 Å². The Morgan fingerprint density at radius 1 is 1.21 bits per heavy atom. The van der Waals surface area contributed by atoms with E-state index in [0.29, 0.717) is 42.9 Å². The highest BCUT2D eigenvalue weighted by Crippen LogP contribution is 2.52. The van der Waals surface area contributed by atoms with Crippen molar-refractivity contribution in [2.45, 2.75) is 75.7 Å². The Bertz CT molecular complexity index is 1570. The quantitative estimate of drug-likeness (QED) is 0.361. The normalized spacial score (nSPS) is 25.3. The predicted octanol–water partition coefficient (Wildman–Crippen LogP) is 2.19. The number of rotatable bonds is 7. The monoisotopic (exact) mass is 600 g/mol. The van der Waals surface area contributed by atoms with Crippen molar-refractivity contribution in [2.24, 2.45) is 11.1 Å². The summed E-state index contributed by atoms with van der Waals surface area (Å²) in [5.74, 6) is 0.144. The number of carbonyl (C=O) groups is 1. The molecule has 1 spiro atoms. The summed E-state index contributed by atoms with van der Waals surface area (Å²) in [6, 6.07) is 8.16. The molecule has 1 saturated heterocycles. The Morgan fingerprint density at radius 2 is 1.98 bits per heavy atom. The third-order valence-electron chi connectivity index (χ3n) is 8.81. The minimum absolute atomic E-state index is 0.0216. The number of aliphatic hydroxyl groups excluding tert-OH is 1. The molecule has 1 aliphatic heterocycles. The van der Waals surface area contributed by atoms with Crippen molar-refractivity contribution in [3.63, 3.8) is 0 Å². The van der Waals surface area contributed by atoms with E-state index in [0.717, 1.165) is 19.3 Å². The van der Waals surface area contributed by atoms with Crippen molar-refractivity contribution in [1.82, 2.24) is 29.9 Å². The first-order chi connectivity index (χ1) is 20.0. The molecule has 2 aliphatic carbocycles. The van der Waals surface area contributed by atoms with E-state index in [-0.39, 0.29) is 36.3 Å². The van der Waals surface area contributed by atoms with Crippen LogP contribution in [0.3, 0.4) is 0 Å². The number of carbonyl (C=O) groups excluding carboxylic acids is 1. The predicted molar refractivity (Wildman–Crippen MR) is 151 cm³/mol. The molecule has 42 heavy (non-hydrogen) atoms. The number of fused-ring (bicyclic) bond motifs is 3. The number of piperidine rings is 1. The van der Waals surface area contributed by atoms with E-state index in [1.165, 1.54) is 17.5 Å². The number of ether oxygens (including phenoxy) is 1. The van der Waals surface area contributed by atoms with Crippen LogP contribution >= 0.6 is 0 Å². The molecule has 14 nitrogen and oxygen atoms in total. The van der Waals surface area contributed by atoms with Gasteiger partial charge in [0, 0.05) is 24.4 Å². The van der Waals surface area contributed by atoms with Crippen LogP contribution in [0.5, 0.6) is 0 Å². The smallest absolute Gasteiger partial charge is 0.410 e. The van der Waals surface area contributed by atoms with Crippen molar-refractivity contribution < 1.29 is 27.2 Å². The fourth-order valence-electron chi connectivity index (χ4n) is 6.81. The maximum atomic E-state index is 12.5. The van der Waals surface area contributed by atoms with Gasteiger partial charge in [-0.2, -0.15) is 8.42 Å². The summed E-state index contributed by atoms with van der Waals surface area (Å²) < 4.78 is 34.2. The van der Waals surface area contributed by atoms with Crippen LogP contribution in [0.1, 0.15) is 69.2 Å². The number of aromatic nitrogens is 5. The molecule has 4 atom stereocenters. The number of hydrogen-bond acceptors (Lipinski definition) is 11. The molecule has 2 fully saturated rings. The lowest BCUT2D eigenvalue weighted by molar-refractivity contribution is 0.0611. The van der Waals surface area contributed by atoms with E-state index in [4.69, 9.17) is 14.1 Å². The molecule has 15 heteroatoms. The second-order valence-corrected chi connectivity index (χ2v) is 13.1. The maximum absolute atomic E-state index is 12.5. The first-order valence-corrected chi connectivity index (χ1v) is 15.7. The van der Waals surface area contributed by atoms with Gasteiger partial charge in [0.05, 0.1) is 30.9 Å². The van der Waals surface area contributed by atoms with Gasteiger partial charge in [-0.15, -0.1) is 5.10 Å². The number of nitrogens with one attached hydrogen (secondary N) is 1. The maximum Gasteiger partial charge on any atom is 0.410 e. The average Bonchev–Trinajstić information content (AvgIpc) is 3.62. The summed E-state index contributed by atoms with van der Waals surface area (Å²) in [5.41, 5.74) is 3.46. The number of nitrogens with zero attached hydrogens (tertiary/aromatic N) is 6. The van der Waals surface area contributed by atoms with Crippen molar-refractivity contribution in [1.29, 1.82) is 0 Å². The standard InChI is InChI=1S/C27H36N8O6S/c1-16(2)41-26(37)34-9-7-27(8-10-34)13-21(19-5-3-4-6-20(19)27)31-24-23-25(30-15-29-24)35(33-32-23)18-11-17(22(36)12-18)14-40-42(28,38)39/h3-6,15-18,21-22,36H,7-14H2,1-2H3,(H2,28,38,39)(H,29,30,31)/t17-,18+,21-,22-/m0/s1. The molecular weight excluding hydrogens is 564 g/mol. The zero-order chi connectivity index (χ0) is 29.6. The van der Waals surface area contributed by atoms with Crippen LogP contribution in [0.4, 0.5) is 10.6 Å². The molecule has 0 radical (unpaired) electrons. The van der Waals surface area contributed by atoms with E-state index in [2.05, 4.69) is 43.8 Å². The van der Waals surface area contributed by atoms with Gasteiger partial charge in [-0.25, -0.2) is 24.6 Å². The second kappa shape index (κ2) is 11.0. The zero-order valence-electron chi connectivity index (χ0n) is 23.6. The summed E-state index contributed by atoms with van der Waals surface area (Å²) >= 11 is 0. The fourth-order valence-corrected chi connectivity index (χ4v) is 7.17. The van der Waals surface area contributed by atoms with Gasteiger partial charge in [0.25, 0.3) is 0 Å². The number of hydrogen-bond donors (Lipinski definition) is 3. The lowest BCUT2D eigenvalue weighted by Crippen LogP contribution is -2.45. The Balaban J connectivity index is 1.20. The number of anilines is 1. The van der Waals surface area contributed by atoms with Crippen molar-refractivity contribution >= 4 is 33.4 Å². The summed E-state index contributed by atoms with van der Waals surface area (Å²) in [6.07, 6.45) is 3.58. The molecule has 3 aliphatic rings. The minimum atomic E-state index is -4.10. The van der Waals surface area contributed by atoms with E-state index in [1.54, 1.807) is 9.58 Å². The van der Waals surface area contributed by atoms with Gasteiger partial charge >= 0.3 is 16.4 Å². The van der Waals surface area contributed by atoms with Gasteiger partial charge in [-0.1, -0.05) is 29.5 Å².